The number of halogens is 2. The molecular formula is C16H13Cl2N5OS. The molecule has 3 aromatic rings. The van der Waals surface area contributed by atoms with E-state index in [0.717, 1.165) is 5.56 Å². The van der Waals surface area contributed by atoms with Crippen molar-refractivity contribution < 1.29 is 4.79 Å². The summed E-state index contributed by atoms with van der Waals surface area (Å²) in [6, 6.07) is 10.7. The molecule has 0 saturated heterocycles. The first-order chi connectivity index (χ1) is 12.0. The molecule has 0 radical (unpaired) electrons. The normalized spacial score (nSPS) is 10.7. The van der Waals surface area contributed by atoms with E-state index in [0.29, 0.717) is 21.7 Å². The molecule has 2 heterocycles. The van der Waals surface area contributed by atoms with Crippen molar-refractivity contribution in [2.75, 3.05) is 11.1 Å². The summed E-state index contributed by atoms with van der Waals surface area (Å²) in [4.78, 5) is 16.0. The van der Waals surface area contributed by atoms with E-state index < -0.39 is 0 Å². The number of nitrogens with zero attached hydrogens (tertiary/aromatic N) is 4. The number of thioether (sulfide) groups is 1. The summed E-state index contributed by atoms with van der Waals surface area (Å²) in [5, 5.41) is 12.6. The van der Waals surface area contributed by atoms with Gasteiger partial charge in [0.2, 0.25) is 5.91 Å². The molecule has 1 aromatic carbocycles. The maximum absolute atomic E-state index is 12.1. The second-order valence-electron chi connectivity index (χ2n) is 5.05. The van der Waals surface area contributed by atoms with Crippen molar-refractivity contribution in [1.29, 1.82) is 0 Å². The number of amides is 1. The van der Waals surface area contributed by atoms with E-state index in [1.807, 2.05) is 23.7 Å². The third-order valence-electron chi connectivity index (χ3n) is 3.30. The van der Waals surface area contributed by atoms with E-state index in [1.54, 1.807) is 30.5 Å². The first-order valence-electron chi connectivity index (χ1n) is 7.23. The summed E-state index contributed by atoms with van der Waals surface area (Å²) in [6.45, 7) is 0. The highest BCUT2D eigenvalue weighted by Crippen LogP contribution is 2.24. The van der Waals surface area contributed by atoms with Gasteiger partial charge in [-0.2, -0.15) is 0 Å². The fourth-order valence-corrected chi connectivity index (χ4v) is 3.09. The number of pyridine rings is 1. The Kier molecular flexibility index (Phi) is 5.57. The van der Waals surface area contributed by atoms with Crippen molar-refractivity contribution in [3.8, 4) is 11.4 Å². The Bertz CT molecular complexity index is 898. The number of hydrogen-bond acceptors (Lipinski definition) is 5. The number of aromatic nitrogens is 4. The molecule has 9 heteroatoms. The second-order valence-corrected chi connectivity index (χ2v) is 6.79. The molecule has 0 aliphatic rings. The van der Waals surface area contributed by atoms with Gasteiger partial charge >= 0.3 is 0 Å². The van der Waals surface area contributed by atoms with Crippen LogP contribution in [-0.2, 0) is 11.8 Å². The molecule has 1 N–H and O–H groups in total. The molecule has 0 bridgehead atoms. The van der Waals surface area contributed by atoms with Crippen molar-refractivity contribution in [2.45, 2.75) is 5.16 Å². The summed E-state index contributed by atoms with van der Waals surface area (Å²) in [7, 11) is 1.85. The third kappa shape index (κ3) is 4.31. The highest BCUT2D eigenvalue weighted by molar-refractivity contribution is 7.99. The second kappa shape index (κ2) is 7.86. The Morgan fingerprint density at radius 3 is 2.68 bits per heavy atom. The maximum atomic E-state index is 12.1. The van der Waals surface area contributed by atoms with Crippen LogP contribution < -0.4 is 5.32 Å². The lowest BCUT2D eigenvalue weighted by Gasteiger charge is -2.06. The topological polar surface area (TPSA) is 72.7 Å². The summed E-state index contributed by atoms with van der Waals surface area (Å²) >= 11 is 13.1. The lowest BCUT2D eigenvalue weighted by atomic mass is 10.2. The average molecular weight is 394 g/mol. The van der Waals surface area contributed by atoms with Crippen LogP contribution in [0, 0.1) is 0 Å². The summed E-state index contributed by atoms with van der Waals surface area (Å²) < 4.78 is 1.83. The van der Waals surface area contributed by atoms with E-state index in [9.17, 15) is 4.79 Å². The van der Waals surface area contributed by atoms with Crippen LogP contribution in [0.2, 0.25) is 10.2 Å². The Labute approximate surface area is 158 Å². The first kappa shape index (κ1) is 17.7. The monoisotopic (exact) mass is 393 g/mol. The average Bonchev–Trinajstić information content (AvgIpc) is 2.97. The molecule has 128 valence electrons. The van der Waals surface area contributed by atoms with E-state index in [-0.39, 0.29) is 16.8 Å². The molecule has 25 heavy (non-hydrogen) atoms. The number of benzene rings is 1. The summed E-state index contributed by atoms with van der Waals surface area (Å²) in [5.41, 5.74) is 1.38. The lowest BCUT2D eigenvalue weighted by molar-refractivity contribution is -0.113. The van der Waals surface area contributed by atoms with Crippen LogP contribution in [-0.4, -0.2) is 31.4 Å². The van der Waals surface area contributed by atoms with Gasteiger partial charge in [-0.25, -0.2) is 4.98 Å². The van der Waals surface area contributed by atoms with Crippen molar-refractivity contribution in [3.63, 3.8) is 0 Å². The van der Waals surface area contributed by atoms with Crippen LogP contribution in [0.3, 0.4) is 0 Å². The molecule has 1 amide bonds. The van der Waals surface area contributed by atoms with Gasteiger partial charge in [-0.05, 0) is 36.4 Å². The Morgan fingerprint density at radius 1 is 1.20 bits per heavy atom. The fraction of sp³-hybridized carbons (Fsp3) is 0.125. The maximum Gasteiger partial charge on any atom is 0.234 e. The van der Waals surface area contributed by atoms with Gasteiger partial charge in [0, 0.05) is 23.8 Å². The van der Waals surface area contributed by atoms with Crippen molar-refractivity contribution in [1.82, 2.24) is 19.7 Å². The Hall–Kier alpha value is -2.09. The first-order valence-corrected chi connectivity index (χ1v) is 8.97. The number of rotatable bonds is 5. The van der Waals surface area contributed by atoms with Gasteiger partial charge in [0.15, 0.2) is 16.1 Å². The highest BCUT2D eigenvalue weighted by Gasteiger charge is 2.13. The van der Waals surface area contributed by atoms with Gasteiger partial charge in [0.1, 0.15) is 0 Å². The predicted octanol–water partition coefficient (Wildman–Crippen LogP) is 3.91. The minimum absolute atomic E-state index is 0.178. The minimum atomic E-state index is -0.198. The summed E-state index contributed by atoms with van der Waals surface area (Å²) in [5.74, 6) is 0.684. The van der Waals surface area contributed by atoms with Gasteiger partial charge < -0.3 is 9.88 Å². The van der Waals surface area contributed by atoms with Crippen molar-refractivity contribution in [3.05, 3.63) is 52.8 Å². The molecule has 2 aromatic heterocycles. The minimum Gasteiger partial charge on any atom is -0.323 e. The molecule has 0 unspecified atom stereocenters. The number of carbonyl (C=O) groups excluding carboxylic acids is 1. The molecule has 0 saturated carbocycles. The summed E-state index contributed by atoms with van der Waals surface area (Å²) in [6.07, 6.45) is 1.56. The molecule has 0 aliphatic carbocycles. The number of hydrogen-bond donors (Lipinski definition) is 1. The quantitative estimate of drug-likeness (QED) is 0.525. The van der Waals surface area contributed by atoms with E-state index in [4.69, 9.17) is 23.2 Å². The van der Waals surface area contributed by atoms with Gasteiger partial charge in [-0.3, -0.25) is 4.79 Å². The molecule has 0 fully saturated rings. The van der Waals surface area contributed by atoms with Gasteiger partial charge in [-0.15, -0.1) is 10.2 Å². The Morgan fingerprint density at radius 2 is 1.96 bits per heavy atom. The van der Waals surface area contributed by atoms with Crippen LogP contribution in [0.25, 0.3) is 11.4 Å². The van der Waals surface area contributed by atoms with Crippen LogP contribution in [0.15, 0.2) is 47.8 Å². The molecule has 6 nitrogen and oxygen atoms in total. The fourth-order valence-electron chi connectivity index (χ4n) is 2.09. The molecule has 0 aliphatic heterocycles. The zero-order chi connectivity index (χ0) is 17.8. The smallest absolute Gasteiger partial charge is 0.234 e. The zero-order valence-corrected chi connectivity index (χ0v) is 15.4. The van der Waals surface area contributed by atoms with Crippen LogP contribution >= 0.6 is 35.0 Å². The van der Waals surface area contributed by atoms with E-state index in [2.05, 4.69) is 20.5 Å². The predicted molar refractivity (Wildman–Crippen MR) is 100 cm³/mol. The Balaban J connectivity index is 1.65. The number of anilines is 1. The van der Waals surface area contributed by atoms with Gasteiger partial charge in [0.25, 0.3) is 0 Å². The zero-order valence-electron chi connectivity index (χ0n) is 13.1. The molecule has 0 atom stereocenters. The van der Waals surface area contributed by atoms with E-state index in [1.165, 1.54) is 11.8 Å². The van der Waals surface area contributed by atoms with Crippen molar-refractivity contribution in [2.24, 2.45) is 7.05 Å². The third-order valence-corrected chi connectivity index (χ3v) is 4.88. The van der Waals surface area contributed by atoms with Crippen molar-refractivity contribution >= 4 is 46.6 Å². The lowest BCUT2D eigenvalue weighted by Crippen LogP contribution is -2.15. The van der Waals surface area contributed by atoms with Crippen LogP contribution in [0.1, 0.15) is 0 Å². The largest absolute Gasteiger partial charge is 0.323 e. The number of nitrogens with one attached hydrogen (secondary N) is 1. The SMILES string of the molecule is Cn1c(SCC(=O)Nc2cccnc2Cl)nnc1-c1ccc(Cl)cc1. The number of carbonyl (C=O) groups is 1. The van der Waals surface area contributed by atoms with Gasteiger partial charge in [0.05, 0.1) is 11.4 Å². The molecule has 3 rings (SSSR count). The van der Waals surface area contributed by atoms with Crippen LogP contribution in [0.4, 0.5) is 5.69 Å². The van der Waals surface area contributed by atoms with Crippen LogP contribution in [0.5, 0.6) is 0 Å². The van der Waals surface area contributed by atoms with Gasteiger partial charge in [-0.1, -0.05) is 35.0 Å². The molecule has 0 spiro atoms. The molecular weight excluding hydrogens is 381 g/mol. The standard InChI is InChI=1S/C16H13Cl2N5OS/c1-23-15(10-4-6-11(17)7-5-10)21-22-16(23)25-9-13(24)20-12-3-2-8-19-14(12)18/h2-8H,9H2,1H3,(H,20,24). The van der Waals surface area contributed by atoms with E-state index >= 15 is 0 Å². The highest BCUT2D eigenvalue weighted by atomic mass is 35.5.